The molecule has 2 aliphatic rings. The Labute approximate surface area is 430 Å². The van der Waals surface area contributed by atoms with Gasteiger partial charge in [0.25, 0.3) is 0 Å². The van der Waals surface area contributed by atoms with Gasteiger partial charge in [-0.25, -0.2) is 0 Å². The van der Waals surface area contributed by atoms with Crippen molar-refractivity contribution in [2.24, 2.45) is 0 Å². The fraction of sp³-hybridized carbons (Fsp3) is 0.649. The van der Waals surface area contributed by atoms with Crippen molar-refractivity contribution in [3.63, 3.8) is 0 Å². The number of unbranched alkanes of at least 4 members (excludes halogenated alkanes) is 7. The zero-order valence-corrected chi connectivity index (χ0v) is 43.1. The summed E-state index contributed by atoms with van der Waals surface area (Å²) in [4.78, 5) is 25.8. The molecule has 15 nitrogen and oxygen atoms in total. The van der Waals surface area contributed by atoms with E-state index >= 15 is 0 Å². The summed E-state index contributed by atoms with van der Waals surface area (Å²) in [6.45, 7) is 2.33. The molecule has 0 saturated carbocycles. The number of hydrogen-bond acceptors (Lipinski definition) is 15. The van der Waals surface area contributed by atoms with Gasteiger partial charge in [0.2, 0.25) is 0 Å². The lowest BCUT2D eigenvalue weighted by molar-refractivity contribution is -0.332. The average molecular weight is 1020 g/mol. The molecule has 2 aliphatic heterocycles. The minimum absolute atomic E-state index is 0.0746. The summed E-state index contributed by atoms with van der Waals surface area (Å²) in [6.07, 6.45) is 38.3. The Morgan fingerprint density at radius 1 is 0.458 bits per heavy atom. The average Bonchev–Trinajstić information content (AvgIpc) is 3.37. The molecule has 11 atom stereocenters. The van der Waals surface area contributed by atoms with Crippen molar-refractivity contribution in [1.82, 2.24) is 0 Å². The third-order valence-electron chi connectivity index (χ3n) is 11.7. The molecule has 2 fully saturated rings. The maximum Gasteiger partial charge on any atom is 0.306 e. The van der Waals surface area contributed by atoms with E-state index in [2.05, 4.69) is 111 Å². The predicted octanol–water partition coefficient (Wildman–Crippen LogP) is 7.93. The molecule has 2 saturated heterocycles. The predicted molar refractivity (Wildman–Crippen MR) is 279 cm³/mol. The van der Waals surface area contributed by atoms with Gasteiger partial charge in [0, 0.05) is 12.8 Å². The first-order valence-corrected chi connectivity index (χ1v) is 26.5. The van der Waals surface area contributed by atoms with Crippen molar-refractivity contribution in [2.45, 2.75) is 210 Å². The van der Waals surface area contributed by atoms with Crippen LogP contribution in [-0.2, 0) is 38.0 Å². The molecule has 72 heavy (non-hydrogen) atoms. The lowest BCUT2D eigenvalue weighted by Gasteiger charge is -2.42. The first-order valence-electron chi connectivity index (χ1n) is 26.5. The second-order valence-electron chi connectivity index (χ2n) is 18.0. The Kier molecular flexibility index (Phi) is 37.9. The Balaban J connectivity index is 1.85. The quantitative estimate of drug-likeness (QED) is 0.0176. The maximum atomic E-state index is 13.0. The number of aliphatic hydroxyl groups excluding tert-OH is 7. The third-order valence-corrected chi connectivity index (χ3v) is 11.7. The van der Waals surface area contributed by atoms with Crippen molar-refractivity contribution >= 4 is 11.9 Å². The Morgan fingerprint density at radius 3 is 1.39 bits per heavy atom. The Morgan fingerprint density at radius 2 is 0.889 bits per heavy atom. The number of aliphatic hydroxyl groups is 7. The number of hydrogen-bond donors (Lipinski definition) is 7. The van der Waals surface area contributed by atoms with Gasteiger partial charge in [0.15, 0.2) is 18.7 Å². The minimum atomic E-state index is -1.79. The van der Waals surface area contributed by atoms with E-state index in [-0.39, 0.29) is 19.4 Å². The van der Waals surface area contributed by atoms with E-state index in [0.717, 1.165) is 77.0 Å². The van der Waals surface area contributed by atoms with Crippen molar-refractivity contribution < 1.29 is 73.8 Å². The number of ether oxygens (including phenoxy) is 6. The van der Waals surface area contributed by atoms with E-state index in [1.807, 2.05) is 12.2 Å². The third kappa shape index (κ3) is 29.8. The van der Waals surface area contributed by atoms with Crippen LogP contribution >= 0.6 is 0 Å². The highest BCUT2D eigenvalue weighted by Crippen LogP contribution is 2.26. The van der Waals surface area contributed by atoms with Crippen LogP contribution in [0.4, 0.5) is 0 Å². The van der Waals surface area contributed by atoms with Crippen LogP contribution in [0.2, 0.25) is 0 Å². The lowest BCUT2D eigenvalue weighted by atomic mass is 9.98. The summed E-state index contributed by atoms with van der Waals surface area (Å²) in [5, 5.41) is 72.1. The van der Waals surface area contributed by atoms with Crippen LogP contribution in [0.1, 0.15) is 142 Å². The van der Waals surface area contributed by atoms with E-state index in [1.165, 1.54) is 19.3 Å². The fourth-order valence-corrected chi connectivity index (χ4v) is 7.41. The fourth-order valence-electron chi connectivity index (χ4n) is 7.41. The maximum absolute atomic E-state index is 13.0. The van der Waals surface area contributed by atoms with E-state index in [1.54, 1.807) is 0 Å². The minimum Gasteiger partial charge on any atom is -0.462 e. The lowest BCUT2D eigenvalue weighted by Crippen LogP contribution is -2.61. The normalized spacial score (nSPS) is 25.9. The summed E-state index contributed by atoms with van der Waals surface area (Å²) in [7, 11) is 0. The number of carbonyl (C=O) groups is 2. The molecule has 2 heterocycles. The monoisotopic (exact) mass is 1010 g/mol. The van der Waals surface area contributed by atoms with Crippen molar-refractivity contribution in [2.75, 3.05) is 26.4 Å². The highest BCUT2D eigenvalue weighted by Gasteiger charge is 2.47. The molecule has 4 unspecified atom stereocenters. The molecule has 2 rings (SSSR count). The molecular formula is C57H90O15. The van der Waals surface area contributed by atoms with Crippen molar-refractivity contribution in [1.29, 1.82) is 0 Å². The molecular weight excluding hydrogens is 925 g/mol. The molecule has 0 radical (unpaired) electrons. The van der Waals surface area contributed by atoms with Gasteiger partial charge in [-0.3, -0.25) is 9.59 Å². The standard InChI is InChI=1S/C57H90O15/c1-3-5-7-9-11-13-15-17-19-21-22-24-25-27-29-31-33-35-37-39-48(59)67-42-45(70-49(60)40-38-36-34-32-30-28-26-23-20-18-16-14-12-10-8-6-4-2)43-68-56-55(66)53(64)51(62)47(72-56)44-69-57-54(65)52(63)50(61)46(41-58)71-57/h5,7,11-14,17-20,22,24,26-29,32,34,45-47,50-58,61-66H,3-4,6,8-10,15-16,21,23,25,30-31,33,35-44H2,1-2H3/b7-5+,13-11+,14-12+,19-17+,20-18+,24-22+,28-26+,29-27+,34-32+/t45-,46+,47+,50-,51-,52?,53?,54?,55?,56+,57+/m0/s1. The van der Waals surface area contributed by atoms with E-state index < -0.39 is 99.3 Å². The molecule has 408 valence electrons. The van der Waals surface area contributed by atoms with Gasteiger partial charge in [0.05, 0.1) is 19.8 Å². The summed E-state index contributed by atoms with van der Waals surface area (Å²) in [5.74, 6) is -1.04. The molecule has 0 aromatic carbocycles. The number of allylic oxidation sites excluding steroid dienone is 18. The first kappa shape index (κ1) is 64.3. The molecule has 0 spiro atoms. The number of carbonyl (C=O) groups excluding carboxylic acids is 2. The highest BCUT2D eigenvalue weighted by atomic mass is 16.7. The number of esters is 2. The SMILES string of the molecule is CC/C=C/C/C=C/C/C=C/C/C=C/C/C=C/CCCCCC(=O)OC[C@@H](CO[C@@H]1O[C@H](CO[C@@H]2O[C@H](CO)[C@H](O)C(O)C2O)[C@H](O)C(O)C1O)OC(=O)CCC/C=C/C/C=C/C/C=C/C/C=C/CCCCC. The molecule has 0 aromatic heterocycles. The smallest absolute Gasteiger partial charge is 0.306 e. The molecule has 0 aliphatic carbocycles. The molecule has 15 heteroatoms. The van der Waals surface area contributed by atoms with Crippen LogP contribution in [-0.4, -0.2) is 142 Å². The zero-order valence-electron chi connectivity index (χ0n) is 43.1. The van der Waals surface area contributed by atoms with Crippen LogP contribution in [0, 0.1) is 0 Å². The first-order chi connectivity index (χ1) is 35.0. The topological polar surface area (TPSA) is 231 Å². The largest absolute Gasteiger partial charge is 0.462 e. The van der Waals surface area contributed by atoms with E-state index in [0.29, 0.717) is 19.3 Å². The summed E-state index contributed by atoms with van der Waals surface area (Å²) < 4.78 is 33.5. The highest BCUT2D eigenvalue weighted by molar-refractivity contribution is 5.70. The van der Waals surface area contributed by atoms with Crippen LogP contribution in [0.5, 0.6) is 0 Å². The Hall–Kier alpha value is -3.84. The summed E-state index contributed by atoms with van der Waals surface area (Å²) >= 11 is 0. The second kappa shape index (κ2) is 42.5. The number of rotatable bonds is 39. The van der Waals surface area contributed by atoms with Crippen molar-refractivity contribution in [3.8, 4) is 0 Å². The van der Waals surface area contributed by atoms with Crippen LogP contribution < -0.4 is 0 Å². The molecule has 0 aromatic rings. The van der Waals surface area contributed by atoms with Gasteiger partial charge >= 0.3 is 11.9 Å². The van der Waals surface area contributed by atoms with Gasteiger partial charge in [-0.1, -0.05) is 142 Å². The second-order valence-corrected chi connectivity index (χ2v) is 18.0. The van der Waals surface area contributed by atoms with Gasteiger partial charge in [-0.15, -0.1) is 0 Å². The van der Waals surface area contributed by atoms with E-state index in [4.69, 9.17) is 28.4 Å². The van der Waals surface area contributed by atoms with Gasteiger partial charge in [-0.2, -0.15) is 0 Å². The van der Waals surface area contributed by atoms with Crippen molar-refractivity contribution in [3.05, 3.63) is 109 Å². The molecule has 0 bridgehead atoms. The van der Waals surface area contributed by atoms with Crippen LogP contribution in [0.3, 0.4) is 0 Å². The van der Waals surface area contributed by atoms with Gasteiger partial charge < -0.3 is 64.2 Å². The Bertz CT molecular complexity index is 1660. The van der Waals surface area contributed by atoms with Crippen LogP contribution in [0.25, 0.3) is 0 Å². The van der Waals surface area contributed by atoms with Gasteiger partial charge in [-0.05, 0) is 96.3 Å². The van der Waals surface area contributed by atoms with Gasteiger partial charge in [0.1, 0.15) is 55.4 Å². The van der Waals surface area contributed by atoms with Crippen LogP contribution in [0.15, 0.2) is 109 Å². The van der Waals surface area contributed by atoms with E-state index in [9.17, 15) is 45.3 Å². The zero-order chi connectivity index (χ0) is 52.4. The summed E-state index contributed by atoms with van der Waals surface area (Å²) in [5.41, 5.74) is 0. The summed E-state index contributed by atoms with van der Waals surface area (Å²) in [6, 6.07) is 0. The molecule has 7 N–H and O–H groups in total. The molecule has 0 amide bonds.